The number of carbonyl (C=O) groups excluding carboxylic acids is 2. The first-order chi connectivity index (χ1) is 9.51. The predicted molar refractivity (Wildman–Crippen MR) is 72.6 cm³/mol. The second-order valence-corrected chi connectivity index (χ2v) is 4.18. The van der Waals surface area contributed by atoms with Crippen LogP contribution >= 0.6 is 11.6 Å². The van der Waals surface area contributed by atoms with Crippen molar-refractivity contribution in [3.05, 3.63) is 35.1 Å². The van der Waals surface area contributed by atoms with Crippen LogP contribution < -0.4 is 5.32 Å². The molecule has 0 aliphatic heterocycles. The standard InChI is InChI=1S/C14H13ClFNO3/c1-3-9-4-5-10(11(16)6-9)12(7-14(19)20-2)17-13(18)8-15/h1,4-6,12H,7-8H2,2H3,(H,17,18). The number of amides is 1. The van der Waals surface area contributed by atoms with Gasteiger partial charge in [0.2, 0.25) is 5.91 Å². The van der Waals surface area contributed by atoms with Gasteiger partial charge in [-0.1, -0.05) is 12.0 Å². The minimum Gasteiger partial charge on any atom is -0.469 e. The number of halogens is 2. The maximum atomic E-state index is 14.0. The van der Waals surface area contributed by atoms with Crippen molar-refractivity contribution in [3.63, 3.8) is 0 Å². The molecule has 6 heteroatoms. The van der Waals surface area contributed by atoms with Crippen molar-refractivity contribution in [1.29, 1.82) is 0 Å². The van der Waals surface area contributed by atoms with Gasteiger partial charge in [0.25, 0.3) is 0 Å². The second-order valence-electron chi connectivity index (χ2n) is 3.91. The number of hydrogen-bond acceptors (Lipinski definition) is 3. The van der Waals surface area contributed by atoms with E-state index >= 15 is 0 Å². The number of esters is 1. The Hall–Kier alpha value is -2.06. The van der Waals surface area contributed by atoms with Crippen LogP contribution in [0.4, 0.5) is 4.39 Å². The largest absolute Gasteiger partial charge is 0.469 e. The van der Waals surface area contributed by atoms with Crippen molar-refractivity contribution in [3.8, 4) is 12.3 Å². The third-order valence-corrected chi connectivity index (χ3v) is 2.84. The first-order valence-corrected chi connectivity index (χ1v) is 6.23. The van der Waals surface area contributed by atoms with E-state index in [2.05, 4.69) is 16.0 Å². The SMILES string of the molecule is C#Cc1ccc(C(CC(=O)OC)NC(=O)CCl)c(F)c1. The van der Waals surface area contributed by atoms with Crippen molar-refractivity contribution in [2.24, 2.45) is 0 Å². The molecule has 0 heterocycles. The predicted octanol–water partition coefficient (Wildman–Crippen LogP) is 1.77. The highest BCUT2D eigenvalue weighted by atomic mass is 35.5. The summed E-state index contributed by atoms with van der Waals surface area (Å²) in [5, 5.41) is 2.46. The Bertz CT molecular complexity index is 536. The molecule has 1 N–H and O–H groups in total. The van der Waals surface area contributed by atoms with Crippen molar-refractivity contribution < 1.29 is 18.7 Å². The van der Waals surface area contributed by atoms with Gasteiger partial charge in [-0.2, -0.15) is 0 Å². The highest BCUT2D eigenvalue weighted by Crippen LogP contribution is 2.22. The smallest absolute Gasteiger partial charge is 0.307 e. The molecule has 1 atom stereocenters. The van der Waals surface area contributed by atoms with Crippen LogP contribution in [-0.2, 0) is 14.3 Å². The quantitative estimate of drug-likeness (QED) is 0.512. The fraction of sp³-hybridized carbons (Fsp3) is 0.286. The molecule has 0 aliphatic carbocycles. The van der Waals surface area contributed by atoms with Crippen LogP contribution in [0.5, 0.6) is 0 Å². The minimum atomic E-state index is -0.861. The first-order valence-electron chi connectivity index (χ1n) is 5.70. The fourth-order valence-electron chi connectivity index (χ4n) is 1.62. The van der Waals surface area contributed by atoms with Gasteiger partial charge in [-0.15, -0.1) is 18.0 Å². The molecule has 0 fully saturated rings. The zero-order valence-electron chi connectivity index (χ0n) is 10.8. The lowest BCUT2D eigenvalue weighted by molar-refractivity contribution is -0.141. The summed E-state index contributed by atoms with van der Waals surface area (Å²) in [4.78, 5) is 22.7. The van der Waals surface area contributed by atoms with Crippen LogP contribution in [0.25, 0.3) is 0 Å². The van der Waals surface area contributed by atoms with Gasteiger partial charge < -0.3 is 10.1 Å². The summed E-state index contributed by atoms with van der Waals surface area (Å²) in [7, 11) is 1.21. The molecule has 106 valence electrons. The van der Waals surface area contributed by atoms with E-state index in [1.165, 1.54) is 19.2 Å². The number of hydrogen-bond donors (Lipinski definition) is 1. The number of nitrogens with one attached hydrogen (secondary N) is 1. The average molecular weight is 298 g/mol. The third-order valence-electron chi connectivity index (χ3n) is 2.60. The van der Waals surface area contributed by atoms with E-state index in [0.29, 0.717) is 5.56 Å². The number of carbonyl (C=O) groups is 2. The lowest BCUT2D eigenvalue weighted by atomic mass is 10.0. The lowest BCUT2D eigenvalue weighted by Crippen LogP contribution is -2.31. The summed E-state index contributed by atoms with van der Waals surface area (Å²) in [5.74, 6) is 0.309. The molecule has 0 bridgehead atoms. The van der Waals surface area contributed by atoms with Gasteiger partial charge in [-0.05, 0) is 12.1 Å². The molecular formula is C14H13ClFNO3. The molecule has 1 aromatic carbocycles. The van der Waals surface area contributed by atoms with Gasteiger partial charge in [0.05, 0.1) is 19.6 Å². The van der Waals surface area contributed by atoms with Crippen LogP contribution in [0.2, 0.25) is 0 Å². The van der Waals surface area contributed by atoms with Gasteiger partial charge >= 0.3 is 5.97 Å². The number of methoxy groups -OCH3 is 1. The summed E-state index contributed by atoms with van der Waals surface area (Å²) in [6.45, 7) is 0. The van der Waals surface area contributed by atoms with E-state index in [0.717, 1.165) is 6.07 Å². The Morgan fingerprint density at radius 2 is 2.25 bits per heavy atom. The van der Waals surface area contributed by atoms with Crippen LogP contribution in [0.3, 0.4) is 0 Å². The van der Waals surface area contributed by atoms with Crippen molar-refractivity contribution in [2.75, 3.05) is 13.0 Å². The highest BCUT2D eigenvalue weighted by molar-refractivity contribution is 6.27. The number of rotatable bonds is 5. The molecule has 1 amide bonds. The zero-order chi connectivity index (χ0) is 15.1. The summed E-state index contributed by atoms with van der Waals surface area (Å²) in [6, 6.07) is 3.25. The minimum absolute atomic E-state index is 0.146. The molecule has 0 spiro atoms. The van der Waals surface area contributed by atoms with Crippen molar-refractivity contribution >= 4 is 23.5 Å². The molecule has 0 aromatic heterocycles. The first kappa shape index (κ1) is 16.0. The van der Waals surface area contributed by atoms with E-state index in [-0.39, 0.29) is 17.9 Å². The van der Waals surface area contributed by atoms with Crippen molar-refractivity contribution in [1.82, 2.24) is 5.32 Å². The molecule has 1 aromatic rings. The number of alkyl halides is 1. The normalized spacial score (nSPS) is 11.3. The summed E-state index contributed by atoms with van der Waals surface area (Å²) in [6.07, 6.45) is 4.97. The molecule has 1 rings (SSSR count). The van der Waals surface area contributed by atoms with Gasteiger partial charge in [0, 0.05) is 11.1 Å². The van der Waals surface area contributed by atoms with E-state index in [1.807, 2.05) is 0 Å². The Morgan fingerprint density at radius 1 is 1.55 bits per heavy atom. The van der Waals surface area contributed by atoms with E-state index in [1.54, 1.807) is 0 Å². The molecule has 0 radical (unpaired) electrons. The van der Waals surface area contributed by atoms with Crippen LogP contribution in [0.1, 0.15) is 23.6 Å². The van der Waals surface area contributed by atoms with Crippen molar-refractivity contribution in [2.45, 2.75) is 12.5 Å². The van der Waals surface area contributed by atoms with Gasteiger partial charge in [0.15, 0.2) is 0 Å². The molecular weight excluding hydrogens is 285 g/mol. The molecule has 20 heavy (non-hydrogen) atoms. The Labute approximate surface area is 121 Å². The van der Waals surface area contributed by atoms with Gasteiger partial charge in [-0.3, -0.25) is 9.59 Å². The van der Waals surface area contributed by atoms with Gasteiger partial charge in [-0.25, -0.2) is 4.39 Å². The maximum Gasteiger partial charge on any atom is 0.307 e. The number of benzene rings is 1. The van der Waals surface area contributed by atoms with E-state index in [9.17, 15) is 14.0 Å². The van der Waals surface area contributed by atoms with Gasteiger partial charge in [0.1, 0.15) is 11.7 Å². The lowest BCUT2D eigenvalue weighted by Gasteiger charge is -2.18. The molecule has 0 aliphatic rings. The summed E-state index contributed by atoms with van der Waals surface area (Å²) < 4.78 is 18.5. The maximum absolute atomic E-state index is 14.0. The van der Waals surface area contributed by atoms with E-state index < -0.39 is 23.7 Å². The zero-order valence-corrected chi connectivity index (χ0v) is 11.5. The van der Waals surface area contributed by atoms with Crippen LogP contribution in [-0.4, -0.2) is 24.9 Å². The van der Waals surface area contributed by atoms with Crippen LogP contribution in [0.15, 0.2) is 18.2 Å². The summed E-state index contributed by atoms with van der Waals surface area (Å²) >= 11 is 5.39. The monoisotopic (exact) mass is 297 g/mol. The number of ether oxygens (including phenoxy) is 1. The summed E-state index contributed by atoms with van der Waals surface area (Å²) in [5.41, 5.74) is 0.514. The Kier molecular flexibility index (Phi) is 6.01. The molecule has 4 nitrogen and oxygen atoms in total. The molecule has 0 saturated heterocycles. The third kappa shape index (κ3) is 4.25. The Morgan fingerprint density at radius 3 is 2.75 bits per heavy atom. The average Bonchev–Trinajstić information content (AvgIpc) is 2.45. The molecule has 0 saturated carbocycles. The Balaban J connectivity index is 3.06. The second kappa shape index (κ2) is 7.51. The van der Waals surface area contributed by atoms with Crippen LogP contribution in [0, 0.1) is 18.2 Å². The van der Waals surface area contributed by atoms with E-state index in [4.69, 9.17) is 18.0 Å². The fourth-order valence-corrected chi connectivity index (χ4v) is 1.70. The molecule has 1 unspecified atom stereocenters. The number of terminal acetylenes is 1. The topological polar surface area (TPSA) is 55.4 Å². The highest BCUT2D eigenvalue weighted by Gasteiger charge is 2.21.